The van der Waals surface area contributed by atoms with Crippen LogP contribution >= 0.6 is 0 Å². The maximum absolute atomic E-state index is 12.6. The summed E-state index contributed by atoms with van der Waals surface area (Å²) in [6.07, 6.45) is 1.35. The summed E-state index contributed by atoms with van der Waals surface area (Å²) in [7, 11) is -3.38. The van der Waals surface area contributed by atoms with E-state index >= 15 is 0 Å². The molecule has 0 unspecified atom stereocenters. The van der Waals surface area contributed by atoms with Gasteiger partial charge in [-0.05, 0) is 36.1 Å². The van der Waals surface area contributed by atoms with Crippen LogP contribution in [0.5, 0.6) is 0 Å². The molecule has 0 bridgehead atoms. The molecule has 0 saturated carbocycles. The van der Waals surface area contributed by atoms with Crippen LogP contribution in [0.1, 0.15) is 24.0 Å². The van der Waals surface area contributed by atoms with Crippen LogP contribution < -0.4 is 5.32 Å². The van der Waals surface area contributed by atoms with Crippen molar-refractivity contribution in [3.8, 4) is 6.07 Å². The summed E-state index contributed by atoms with van der Waals surface area (Å²) in [4.78, 5) is 12.5. The lowest BCUT2D eigenvalue weighted by Gasteiger charge is -2.30. The van der Waals surface area contributed by atoms with Crippen LogP contribution in [0.4, 0.5) is 5.69 Å². The second-order valence-corrected chi connectivity index (χ2v) is 8.91. The zero-order valence-electron chi connectivity index (χ0n) is 15.5. The van der Waals surface area contributed by atoms with E-state index in [4.69, 9.17) is 5.26 Å². The molecule has 0 spiro atoms. The zero-order chi connectivity index (χ0) is 20.0. The maximum atomic E-state index is 12.6. The van der Waals surface area contributed by atoms with Crippen LogP contribution in [0.2, 0.25) is 0 Å². The van der Waals surface area contributed by atoms with Crippen LogP contribution in [0, 0.1) is 17.2 Å². The minimum atomic E-state index is -3.38. The third kappa shape index (κ3) is 5.18. The Morgan fingerprint density at radius 3 is 2.29 bits per heavy atom. The maximum Gasteiger partial charge on any atom is 0.227 e. The molecule has 1 N–H and O–H groups in total. The van der Waals surface area contributed by atoms with E-state index in [1.54, 1.807) is 24.3 Å². The van der Waals surface area contributed by atoms with E-state index in [-0.39, 0.29) is 17.6 Å². The van der Waals surface area contributed by atoms with Crippen molar-refractivity contribution in [2.45, 2.75) is 25.0 Å². The second-order valence-electron chi connectivity index (χ2n) is 6.94. The number of nitriles is 1. The van der Waals surface area contributed by atoms with Gasteiger partial charge in [-0.1, -0.05) is 42.5 Å². The molecular weight excluding hydrogens is 374 g/mol. The third-order valence-electron chi connectivity index (χ3n) is 4.91. The number of anilines is 1. The van der Waals surface area contributed by atoms with Gasteiger partial charge < -0.3 is 5.32 Å². The Bertz CT molecular complexity index is 943. The Balaban J connectivity index is 1.53. The predicted molar refractivity (Wildman–Crippen MR) is 108 cm³/mol. The van der Waals surface area contributed by atoms with Gasteiger partial charge in [0.2, 0.25) is 15.9 Å². The minimum Gasteiger partial charge on any atom is -0.326 e. The van der Waals surface area contributed by atoms with E-state index in [1.165, 1.54) is 4.31 Å². The Morgan fingerprint density at radius 2 is 1.68 bits per heavy atom. The van der Waals surface area contributed by atoms with E-state index in [2.05, 4.69) is 11.4 Å². The van der Waals surface area contributed by atoms with Crippen molar-refractivity contribution in [1.82, 2.24) is 4.31 Å². The van der Waals surface area contributed by atoms with Gasteiger partial charge in [0.1, 0.15) is 0 Å². The smallest absolute Gasteiger partial charge is 0.227 e. The molecule has 1 fully saturated rings. The average Bonchev–Trinajstić information content (AvgIpc) is 2.70. The summed E-state index contributed by atoms with van der Waals surface area (Å²) < 4.78 is 26.7. The van der Waals surface area contributed by atoms with Crippen LogP contribution in [0.25, 0.3) is 0 Å². The number of nitrogens with one attached hydrogen (secondary N) is 1. The van der Waals surface area contributed by atoms with Crippen molar-refractivity contribution in [2.75, 3.05) is 18.4 Å². The highest BCUT2D eigenvalue weighted by atomic mass is 32.2. The molecule has 146 valence electrons. The molecule has 2 aromatic carbocycles. The first-order chi connectivity index (χ1) is 13.5. The summed E-state index contributed by atoms with van der Waals surface area (Å²) in [5, 5.41) is 11.6. The summed E-state index contributed by atoms with van der Waals surface area (Å²) in [6, 6.07) is 18.4. The molecule has 0 atom stereocenters. The number of rotatable bonds is 6. The number of hydrogen-bond donors (Lipinski definition) is 1. The van der Waals surface area contributed by atoms with Crippen LogP contribution in [0.15, 0.2) is 54.6 Å². The topological polar surface area (TPSA) is 90.3 Å². The highest BCUT2D eigenvalue weighted by molar-refractivity contribution is 7.88. The lowest BCUT2D eigenvalue weighted by atomic mass is 9.97. The molecule has 3 rings (SSSR count). The number of carbonyl (C=O) groups is 1. The molecule has 1 amide bonds. The van der Waals surface area contributed by atoms with E-state index in [0.29, 0.717) is 38.0 Å². The third-order valence-corrected chi connectivity index (χ3v) is 6.76. The van der Waals surface area contributed by atoms with Gasteiger partial charge >= 0.3 is 0 Å². The predicted octanol–water partition coefficient (Wildman–Crippen LogP) is 2.93. The molecule has 0 aromatic heterocycles. The number of sulfonamides is 1. The highest BCUT2D eigenvalue weighted by Crippen LogP contribution is 2.23. The SMILES string of the molecule is N#CCc1ccc(NC(=O)C2CCN(S(=O)(=O)Cc3ccccc3)CC2)cc1. The molecule has 7 heteroatoms. The quantitative estimate of drug-likeness (QED) is 0.811. The van der Waals surface area contributed by atoms with E-state index < -0.39 is 10.0 Å². The molecule has 1 aliphatic heterocycles. The Morgan fingerprint density at radius 1 is 1.04 bits per heavy atom. The lowest BCUT2D eigenvalue weighted by molar-refractivity contribution is -0.120. The number of hydrogen-bond acceptors (Lipinski definition) is 4. The Kier molecular flexibility index (Phi) is 6.45. The standard InChI is InChI=1S/C21H23N3O3S/c22-13-10-17-6-8-20(9-7-17)23-21(25)19-11-14-24(15-12-19)28(26,27)16-18-4-2-1-3-5-18/h1-9,19H,10-12,14-16H2,(H,23,25). The number of carbonyl (C=O) groups excluding carboxylic acids is 1. The van der Waals surface area contributed by atoms with Gasteiger partial charge in [0.15, 0.2) is 0 Å². The zero-order valence-corrected chi connectivity index (χ0v) is 16.4. The molecule has 1 heterocycles. The van der Waals surface area contributed by atoms with E-state index in [0.717, 1.165) is 11.1 Å². The van der Waals surface area contributed by atoms with Crippen molar-refractivity contribution in [2.24, 2.45) is 5.92 Å². The van der Waals surface area contributed by atoms with Gasteiger partial charge in [-0.3, -0.25) is 4.79 Å². The van der Waals surface area contributed by atoms with Crippen LogP contribution in [-0.2, 0) is 27.0 Å². The molecule has 1 aliphatic rings. The monoisotopic (exact) mass is 397 g/mol. The molecule has 1 saturated heterocycles. The van der Waals surface area contributed by atoms with Crippen LogP contribution in [0.3, 0.4) is 0 Å². The largest absolute Gasteiger partial charge is 0.326 e. The van der Waals surface area contributed by atoms with Gasteiger partial charge in [-0.25, -0.2) is 12.7 Å². The normalized spacial score (nSPS) is 15.7. The van der Waals surface area contributed by atoms with Crippen LogP contribution in [-0.4, -0.2) is 31.7 Å². The summed E-state index contributed by atoms with van der Waals surface area (Å²) in [5.41, 5.74) is 2.35. The second kappa shape index (κ2) is 9.00. The first-order valence-corrected chi connectivity index (χ1v) is 10.9. The van der Waals surface area contributed by atoms with E-state index in [9.17, 15) is 13.2 Å². The number of nitrogens with zero attached hydrogens (tertiary/aromatic N) is 2. The van der Waals surface area contributed by atoms with Crippen molar-refractivity contribution in [1.29, 1.82) is 5.26 Å². The Hall–Kier alpha value is -2.69. The Labute approximate surface area is 165 Å². The number of amides is 1. The number of piperidine rings is 1. The fraction of sp³-hybridized carbons (Fsp3) is 0.333. The molecule has 0 aliphatic carbocycles. The number of benzene rings is 2. The van der Waals surface area contributed by atoms with Crippen molar-refractivity contribution in [3.05, 3.63) is 65.7 Å². The van der Waals surface area contributed by atoms with Gasteiger partial charge in [-0.2, -0.15) is 5.26 Å². The van der Waals surface area contributed by atoms with Gasteiger partial charge in [0.05, 0.1) is 18.2 Å². The van der Waals surface area contributed by atoms with Gasteiger partial charge in [0.25, 0.3) is 0 Å². The summed E-state index contributed by atoms with van der Waals surface area (Å²) >= 11 is 0. The molecular formula is C21H23N3O3S. The molecule has 2 aromatic rings. The van der Waals surface area contributed by atoms with Gasteiger partial charge in [0, 0.05) is 24.7 Å². The average molecular weight is 398 g/mol. The van der Waals surface area contributed by atoms with Gasteiger partial charge in [-0.15, -0.1) is 0 Å². The fourth-order valence-corrected chi connectivity index (χ4v) is 4.88. The van der Waals surface area contributed by atoms with Crippen molar-refractivity contribution < 1.29 is 13.2 Å². The molecule has 0 radical (unpaired) electrons. The minimum absolute atomic E-state index is 0.0141. The molecule has 6 nitrogen and oxygen atoms in total. The van der Waals surface area contributed by atoms with Crippen molar-refractivity contribution >= 4 is 21.6 Å². The highest BCUT2D eigenvalue weighted by Gasteiger charge is 2.31. The first kappa shape index (κ1) is 20.1. The lowest BCUT2D eigenvalue weighted by Crippen LogP contribution is -2.41. The summed E-state index contributed by atoms with van der Waals surface area (Å²) in [5.74, 6) is -0.310. The molecule has 28 heavy (non-hydrogen) atoms. The van der Waals surface area contributed by atoms with E-state index in [1.807, 2.05) is 30.3 Å². The fourth-order valence-electron chi connectivity index (χ4n) is 3.31. The summed E-state index contributed by atoms with van der Waals surface area (Å²) in [6.45, 7) is 0.711. The first-order valence-electron chi connectivity index (χ1n) is 9.26. The van der Waals surface area contributed by atoms with Crippen molar-refractivity contribution in [3.63, 3.8) is 0 Å².